The Morgan fingerprint density at radius 2 is 2.23 bits per heavy atom. The van der Waals surface area contributed by atoms with Crippen LogP contribution in [0.5, 0.6) is 5.88 Å². The summed E-state index contributed by atoms with van der Waals surface area (Å²) >= 11 is 0. The highest BCUT2D eigenvalue weighted by molar-refractivity contribution is 5.64. The second-order valence-electron chi connectivity index (χ2n) is 5.83. The van der Waals surface area contributed by atoms with Gasteiger partial charge in [0.2, 0.25) is 0 Å². The summed E-state index contributed by atoms with van der Waals surface area (Å²) in [6, 6.07) is 1.78. The van der Waals surface area contributed by atoms with E-state index in [1.54, 1.807) is 6.07 Å². The molecule has 22 heavy (non-hydrogen) atoms. The standard InChI is InChI=1S/C15H25N3O4/c1-2-8-21-13-9-12(22-18-13)10-17-15(11-16-14(19)20)6-4-3-5-7-15/h9,16-17H,2-8,10-11H2,1H3,(H,19,20). The van der Waals surface area contributed by atoms with Gasteiger partial charge in [0.15, 0.2) is 5.76 Å². The number of nitrogens with one attached hydrogen (secondary N) is 2. The molecule has 1 fully saturated rings. The number of hydrogen-bond donors (Lipinski definition) is 3. The van der Waals surface area contributed by atoms with Gasteiger partial charge in [0.25, 0.3) is 5.88 Å². The molecule has 1 aliphatic carbocycles. The molecule has 0 aromatic carbocycles. The number of rotatable bonds is 8. The number of nitrogens with zero attached hydrogens (tertiary/aromatic N) is 1. The topological polar surface area (TPSA) is 96.6 Å². The van der Waals surface area contributed by atoms with Crippen LogP contribution >= 0.6 is 0 Å². The van der Waals surface area contributed by atoms with Gasteiger partial charge in [0, 0.05) is 18.2 Å². The number of carboxylic acid groups (broad SMARTS) is 1. The van der Waals surface area contributed by atoms with Crippen LogP contribution in [0.25, 0.3) is 0 Å². The van der Waals surface area contributed by atoms with Gasteiger partial charge in [-0.3, -0.25) is 0 Å². The summed E-state index contributed by atoms with van der Waals surface area (Å²) in [4.78, 5) is 10.8. The van der Waals surface area contributed by atoms with Gasteiger partial charge in [-0.1, -0.05) is 26.2 Å². The predicted molar refractivity (Wildman–Crippen MR) is 81.0 cm³/mol. The third-order valence-corrected chi connectivity index (χ3v) is 4.02. The molecule has 0 radical (unpaired) electrons. The van der Waals surface area contributed by atoms with Gasteiger partial charge in [-0.15, -0.1) is 0 Å². The molecule has 0 saturated heterocycles. The molecule has 7 nitrogen and oxygen atoms in total. The van der Waals surface area contributed by atoms with Crippen molar-refractivity contribution >= 4 is 6.09 Å². The van der Waals surface area contributed by atoms with Crippen molar-refractivity contribution in [2.45, 2.75) is 57.5 Å². The van der Waals surface area contributed by atoms with Crippen LogP contribution in [0.15, 0.2) is 10.6 Å². The minimum Gasteiger partial charge on any atom is -0.476 e. The van der Waals surface area contributed by atoms with Crippen molar-refractivity contribution in [3.8, 4) is 5.88 Å². The molecule has 0 bridgehead atoms. The number of aromatic nitrogens is 1. The zero-order valence-electron chi connectivity index (χ0n) is 13.1. The first-order valence-electron chi connectivity index (χ1n) is 7.94. The summed E-state index contributed by atoms with van der Waals surface area (Å²) in [6.45, 7) is 3.58. The van der Waals surface area contributed by atoms with Gasteiger partial charge in [-0.05, 0) is 24.4 Å². The van der Waals surface area contributed by atoms with Crippen LogP contribution < -0.4 is 15.4 Å². The van der Waals surface area contributed by atoms with Crippen molar-refractivity contribution in [2.24, 2.45) is 0 Å². The Bertz CT molecular complexity index is 469. The summed E-state index contributed by atoms with van der Waals surface area (Å²) in [6.07, 6.45) is 5.27. The molecule has 124 valence electrons. The van der Waals surface area contributed by atoms with Gasteiger partial charge in [0.1, 0.15) is 0 Å². The Morgan fingerprint density at radius 1 is 1.45 bits per heavy atom. The Morgan fingerprint density at radius 3 is 2.91 bits per heavy atom. The Balaban J connectivity index is 1.89. The lowest BCUT2D eigenvalue weighted by Gasteiger charge is -2.38. The van der Waals surface area contributed by atoms with Crippen LogP contribution in [0.1, 0.15) is 51.2 Å². The maximum absolute atomic E-state index is 10.8. The minimum absolute atomic E-state index is 0.201. The maximum atomic E-state index is 10.8. The first-order chi connectivity index (χ1) is 10.6. The van der Waals surface area contributed by atoms with Crippen molar-refractivity contribution in [2.75, 3.05) is 13.2 Å². The minimum atomic E-state index is -0.985. The molecule has 1 aliphatic rings. The van der Waals surface area contributed by atoms with E-state index in [2.05, 4.69) is 15.8 Å². The van der Waals surface area contributed by atoms with E-state index in [1.165, 1.54) is 6.42 Å². The fraction of sp³-hybridized carbons (Fsp3) is 0.733. The molecule has 3 N–H and O–H groups in total. The molecule has 1 aromatic heterocycles. The zero-order chi connectivity index (χ0) is 15.8. The molecule has 0 unspecified atom stereocenters. The van der Waals surface area contributed by atoms with Crippen molar-refractivity contribution in [1.82, 2.24) is 15.8 Å². The smallest absolute Gasteiger partial charge is 0.404 e. The number of ether oxygens (including phenoxy) is 1. The summed E-state index contributed by atoms with van der Waals surface area (Å²) in [5.41, 5.74) is -0.201. The fourth-order valence-corrected chi connectivity index (χ4v) is 2.82. The molecule has 0 spiro atoms. The van der Waals surface area contributed by atoms with Gasteiger partial charge >= 0.3 is 6.09 Å². The molecule has 1 aromatic rings. The molecule has 1 amide bonds. The highest BCUT2D eigenvalue weighted by Crippen LogP contribution is 2.28. The number of carbonyl (C=O) groups is 1. The van der Waals surface area contributed by atoms with E-state index in [0.717, 1.165) is 32.1 Å². The second-order valence-corrected chi connectivity index (χ2v) is 5.83. The average Bonchev–Trinajstić information content (AvgIpc) is 2.98. The maximum Gasteiger partial charge on any atom is 0.404 e. The fourth-order valence-electron chi connectivity index (χ4n) is 2.82. The third-order valence-electron chi connectivity index (χ3n) is 4.02. The van der Waals surface area contributed by atoms with Gasteiger partial charge in [-0.2, -0.15) is 0 Å². The van der Waals surface area contributed by atoms with Gasteiger partial charge in [-0.25, -0.2) is 4.79 Å². The molecular formula is C15H25N3O4. The predicted octanol–water partition coefficient (Wildman–Crippen LogP) is 2.52. The van der Waals surface area contributed by atoms with Crippen LogP contribution in [-0.4, -0.2) is 35.0 Å². The largest absolute Gasteiger partial charge is 0.476 e. The third kappa shape index (κ3) is 4.91. The van der Waals surface area contributed by atoms with Crippen LogP contribution in [0.4, 0.5) is 4.79 Å². The zero-order valence-corrected chi connectivity index (χ0v) is 13.1. The Kier molecular flexibility index (Phi) is 6.06. The van der Waals surface area contributed by atoms with Crippen molar-refractivity contribution in [3.63, 3.8) is 0 Å². The lowest BCUT2D eigenvalue weighted by Crippen LogP contribution is -2.54. The van der Waals surface area contributed by atoms with Crippen LogP contribution in [-0.2, 0) is 6.54 Å². The lowest BCUT2D eigenvalue weighted by molar-refractivity contribution is 0.175. The number of hydrogen-bond acceptors (Lipinski definition) is 5. The van der Waals surface area contributed by atoms with E-state index in [-0.39, 0.29) is 5.54 Å². The highest BCUT2D eigenvalue weighted by atomic mass is 16.5. The van der Waals surface area contributed by atoms with E-state index in [0.29, 0.717) is 31.3 Å². The molecule has 1 heterocycles. The van der Waals surface area contributed by atoms with E-state index in [9.17, 15) is 4.79 Å². The summed E-state index contributed by atoms with van der Waals surface area (Å²) in [7, 11) is 0. The molecule has 1 saturated carbocycles. The SMILES string of the molecule is CCCOc1cc(CNC2(CNC(=O)O)CCCCC2)on1. The van der Waals surface area contributed by atoms with E-state index >= 15 is 0 Å². The van der Waals surface area contributed by atoms with Crippen molar-refractivity contribution in [3.05, 3.63) is 11.8 Å². The summed E-state index contributed by atoms with van der Waals surface area (Å²) in [5.74, 6) is 1.20. The lowest BCUT2D eigenvalue weighted by atomic mass is 9.81. The second kappa shape index (κ2) is 8.03. The van der Waals surface area contributed by atoms with Crippen LogP contribution in [0, 0.1) is 0 Å². The first kappa shape index (κ1) is 16.6. The average molecular weight is 311 g/mol. The van der Waals surface area contributed by atoms with Crippen molar-refractivity contribution in [1.29, 1.82) is 0 Å². The quantitative estimate of drug-likeness (QED) is 0.682. The van der Waals surface area contributed by atoms with Crippen LogP contribution in [0.2, 0.25) is 0 Å². The van der Waals surface area contributed by atoms with E-state index in [4.69, 9.17) is 14.4 Å². The van der Waals surface area contributed by atoms with Crippen molar-refractivity contribution < 1.29 is 19.2 Å². The molecule has 7 heteroatoms. The monoisotopic (exact) mass is 311 g/mol. The number of amides is 1. The first-order valence-corrected chi connectivity index (χ1v) is 7.94. The van der Waals surface area contributed by atoms with Gasteiger partial charge in [0.05, 0.1) is 13.2 Å². The molecule has 0 atom stereocenters. The highest BCUT2D eigenvalue weighted by Gasteiger charge is 2.32. The summed E-state index contributed by atoms with van der Waals surface area (Å²) in [5, 5.41) is 18.7. The molecule has 0 aliphatic heterocycles. The van der Waals surface area contributed by atoms with E-state index < -0.39 is 6.09 Å². The Labute approximate surface area is 130 Å². The normalized spacial score (nSPS) is 17.1. The van der Waals surface area contributed by atoms with Crippen LogP contribution in [0.3, 0.4) is 0 Å². The van der Waals surface area contributed by atoms with Gasteiger partial charge < -0.3 is 25.0 Å². The molecule has 2 rings (SSSR count). The Hall–Kier alpha value is -1.76. The van der Waals surface area contributed by atoms with E-state index in [1.807, 2.05) is 6.92 Å². The summed E-state index contributed by atoms with van der Waals surface area (Å²) < 4.78 is 10.7. The molecular weight excluding hydrogens is 286 g/mol.